The van der Waals surface area contributed by atoms with E-state index in [1.165, 1.54) is 27.9 Å². The molecule has 0 saturated carbocycles. The van der Waals surface area contributed by atoms with Crippen LogP contribution in [0.25, 0.3) is 28.1 Å². The molecule has 3 nitrogen and oxygen atoms in total. The molecule has 0 saturated heterocycles. The van der Waals surface area contributed by atoms with Crippen LogP contribution < -0.4 is 4.74 Å². The third kappa shape index (κ3) is 6.43. The maximum atomic E-state index is 6.74. The van der Waals surface area contributed by atoms with Gasteiger partial charge in [0.1, 0.15) is 11.5 Å². The van der Waals surface area contributed by atoms with E-state index >= 15 is 0 Å². The highest BCUT2D eigenvalue weighted by molar-refractivity contribution is 6.31. The smallest absolute Gasteiger partial charge is 0.132 e. The molecule has 222 valence electrons. The molecule has 4 heteroatoms. The summed E-state index contributed by atoms with van der Waals surface area (Å²) in [4.78, 5) is 4.84. The molecule has 0 aliphatic rings. The van der Waals surface area contributed by atoms with Gasteiger partial charge in [0.2, 0.25) is 0 Å². The van der Waals surface area contributed by atoms with Crippen LogP contribution in [0, 0.1) is 0 Å². The molecular formula is C39H43ClN2O. The summed E-state index contributed by atoms with van der Waals surface area (Å²) in [5.41, 5.74) is 10.6. The third-order valence-corrected chi connectivity index (χ3v) is 8.32. The number of hydrogen-bond donors (Lipinski definition) is 0. The van der Waals surface area contributed by atoms with Crippen LogP contribution in [0.15, 0.2) is 91.4 Å². The van der Waals surface area contributed by atoms with Crippen LogP contribution in [0.4, 0.5) is 0 Å². The minimum Gasteiger partial charge on any atom is -0.457 e. The fourth-order valence-electron chi connectivity index (χ4n) is 5.99. The van der Waals surface area contributed by atoms with Crippen LogP contribution in [0.3, 0.4) is 0 Å². The van der Waals surface area contributed by atoms with Gasteiger partial charge in [-0.05, 0) is 75.8 Å². The normalized spacial score (nSPS) is 11.7. The second kappa shape index (κ2) is 12.8. The van der Waals surface area contributed by atoms with E-state index < -0.39 is 0 Å². The molecule has 0 bridgehead atoms. The highest BCUT2D eigenvalue weighted by atomic mass is 35.5. The van der Waals surface area contributed by atoms with E-state index in [9.17, 15) is 0 Å². The number of aromatic nitrogens is 2. The second-order valence-corrected chi connectivity index (χ2v) is 13.1. The first kappa shape index (κ1) is 30.6. The zero-order valence-electron chi connectivity index (χ0n) is 26.7. The van der Waals surface area contributed by atoms with Gasteiger partial charge >= 0.3 is 0 Å². The molecule has 0 spiro atoms. The van der Waals surface area contributed by atoms with E-state index in [2.05, 4.69) is 127 Å². The molecular weight excluding hydrogens is 548 g/mol. The van der Waals surface area contributed by atoms with Gasteiger partial charge in [-0.1, -0.05) is 122 Å². The highest BCUT2D eigenvalue weighted by Crippen LogP contribution is 2.43. The minimum atomic E-state index is 0.234. The molecule has 0 unspecified atom stereocenters. The van der Waals surface area contributed by atoms with Crippen LogP contribution in [0.5, 0.6) is 11.5 Å². The van der Waals surface area contributed by atoms with Crippen LogP contribution in [-0.4, -0.2) is 9.55 Å². The van der Waals surface area contributed by atoms with Gasteiger partial charge in [-0.15, -0.1) is 0 Å². The van der Waals surface area contributed by atoms with Crippen molar-refractivity contribution in [3.05, 3.63) is 119 Å². The molecule has 0 fully saturated rings. The van der Waals surface area contributed by atoms with Crippen molar-refractivity contribution in [1.82, 2.24) is 9.55 Å². The predicted octanol–water partition coefficient (Wildman–Crippen LogP) is 12.1. The number of hydrogen-bond acceptors (Lipinski definition) is 2. The first-order chi connectivity index (χ1) is 20.5. The molecule has 0 amide bonds. The van der Waals surface area contributed by atoms with Crippen LogP contribution in [-0.2, 0) is 0 Å². The summed E-state index contributed by atoms with van der Waals surface area (Å²) in [6.07, 6.45) is 4.06. The molecule has 0 N–H and O–H groups in total. The van der Waals surface area contributed by atoms with Gasteiger partial charge in [-0.3, -0.25) is 0 Å². The van der Waals surface area contributed by atoms with E-state index in [4.69, 9.17) is 21.3 Å². The van der Waals surface area contributed by atoms with Crippen molar-refractivity contribution < 1.29 is 4.74 Å². The van der Waals surface area contributed by atoms with Crippen LogP contribution >= 0.6 is 11.6 Å². The number of imidazole rings is 1. The molecule has 0 atom stereocenters. The van der Waals surface area contributed by atoms with E-state index in [0.29, 0.717) is 22.8 Å². The number of ether oxygens (including phenoxy) is 1. The second-order valence-electron chi connectivity index (χ2n) is 12.7. The Balaban J connectivity index is 1.54. The fraction of sp³-hybridized carbons (Fsp3) is 0.308. The Bertz CT molecular complexity index is 1700. The highest BCUT2D eigenvalue weighted by Gasteiger charge is 2.21. The molecule has 1 aromatic heterocycles. The lowest BCUT2D eigenvalue weighted by molar-refractivity contribution is 0.474. The van der Waals surface area contributed by atoms with Gasteiger partial charge in [-0.25, -0.2) is 4.98 Å². The van der Waals surface area contributed by atoms with Crippen molar-refractivity contribution in [2.75, 3.05) is 0 Å². The summed E-state index contributed by atoms with van der Waals surface area (Å²) < 4.78 is 8.83. The standard InChI is InChI=1S/C39H43ClN2O/c1-24(2)31-15-9-10-16-34(31)35-20-29(40)21-37(38(35)27(7)8)43-30-14-11-13-28(19-30)36-22-42(23-41-36)39-32(25(3)4)17-12-18-33(39)26(5)6/h9-27H,1-8H3. The predicted molar refractivity (Wildman–Crippen MR) is 182 cm³/mol. The quantitative estimate of drug-likeness (QED) is 0.171. The summed E-state index contributed by atoms with van der Waals surface area (Å²) in [5, 5.41) is 0.660. The van der Waals surface area contributed by atoms with E-state index in [-0.39, 0.29) is 5.92 Å². The molecule has 5 rings (SSSR count). The van der Waals surface area contributed by atoms with E-state index in [1.54, 1.807) is 0 Å². The van der Waals surface area contributed by atoms with Crippen LogP contribution in [0.2, 0.25) is 5.02 Å². The largest absolute Gasteiger partial charge is 0.457 e. The zero-order valence-corrected chi connectivity index (χ0v) is 27.4. The Morgan fingerprint density at radius 3 is 1.93 bits per heavy atom. The molecule has 43 heavy (non-hydrogen) atoms. The van der Waals surface area contributed by atoms with Crippen molar-refractivity contribution >= 4 is 11.6 Å². The minimum absolute atomic E-state index is 0.234. The zero-order chi connectivity index (χ0) is 30.8. The maximum Gasteiger partial charge on any atom is 0.132 e. The average Bonchev–Trinajstić information content (AvgIpc) is 3.46. The molecule has 4 aromatic carbocycles. The summed E-state index contributed by atoms with van der Waals surface area (Å²) in [7, 11) is 0. The lowest BCUT2D eigenvalue weighted by atomic mass is 9.86. The average molecular weight is 591 g/mol. The Labute approximate surface area is 262 Å². The number of benzene rings is 4. The lowest BCUT2D eigenvalue weighted by Gasteiger charge is -2.22. The van der Waals surface area contributed by atoms with Crippen LogP contribution in [0.1, 0.15) is 101 Å². The molecule has 0 radical (unpaired) electrons. The van der Waals surface area contributed by atoms with Crippen molar-refractivity contribution in [1.29, 1.82) is 0 Å². The summed E-state index contributed by atoms with van der Waals surface area (Å²) in [5.74, 6) is 2.97. The van der Waals surface area contributed by atoms with Crippen molar-refractivity contribution in [2.45, 2.75) is 79.1 Å². The Hall–Kier alpha value is -3.82. The lowest BCUT2D eigenvalue weighted by Crippen LogP contribution is -2.05. The van der Waals surface area contributed by atoms with Gasteiger partial charge in [0, 0.05) is 22.3 Å². The molecule has 0 aliphatic carbocycles. The molecule has 1 heterocycles. The van der Waals surface area contributed by atoms with Gasteiger partial charge in [0.25, 0.3) is 0 Å². The van der Waals surface area contributed by atoms with Gasteiger partial charge in [0.15, 0.2) is 0 Å². The van der Waals surface area contributed by atoms with Crippen molar-refractivity contribution in [3.63, 3.8) is 0 Å². The van der Waals surface area contributed by atoms with Gasteiger partial charge in [0.05, 0.1) is 17.7 Å². The Morgan fingerprint density at radius 2 is 1.28 bits per heavy atom. The monoisotopic (exact) mass is 590 g/mol. The number of nitrogens with zero attached hydrogens (tertiary/aromatic N) is 2. The Kier molecular flexibility index (Phi) is 9.13. The maximum absolute atomic E-state index is 6.74. The summed E-state index contributed by atoms with van der Waals surface area (Å²) >= 11 is 6.74. The SMILES string of the molecule is CC(C)c1ccccc1-c1cc(Cl)cc(Oc2cccc(-c3cn(-c4c(C(C)C)cccc4C(C)C)cn3)c2)c1C(C)C. The molecule has 5 aromatic rings. The number of rotatable bonds is 9. The first-order valence-electron chi connectivity index (χ1n) is 15.4. The first-order valence-corrected chi connectivity index (χ1v) is 15.8. The van der Waals surface area contributed by atoms with Gasteiger partial charge in [-0.2, -0.15) is 0 Å². The van der Waals surface area contributed by atoms with Gasteiger partial charge < -0.3 is 9.30 Å². The number of halogens is 1. The van der Waals surface area contributed by atoms with Crippen molar-refractivity contribution in [2.24, 2.45) is 0 Å². The summed E-state index contributed by atoms with van der Waals surface area (Å²) in [6.45, 7) is 17.9. The third-order valence-electron chi connectivity index (χ3n) is 8.10. The van der Waals surface area contributed by atoms with Crippen molar-refractivity contribution in [3.8, 4) is 39.6 Å². The fourth-order valence-corrected chi connectivity index (χ4v) is 6.20. The Morgan fingerprint density at radius 1 is 0.651 bits per heavy atom. The molecule has 0 aliphatic heterocycles. The van der Waals surface area contributed by atoms with E-state index in [0.717, 1.165) is 33.9 Å². The number of para-hydroxylation sites is 1. The summed E-state index contributed by atoms with van der Waals surface area (Å²) in [6, 6.07) is 27.4. The van der Waals surface area contributed by atoms with E-state index in [1.807, 2.05) is 24.5 Å². The topological polar surface area (TPSA) is 27.1 Å².